The highest BCUT2D eigenvalue weighted by Crippen LogP contribution is 2.08. The molecule has 17 heavy (non-hydrogen) atoms. The summed E-state index contributed by atoms with van der Waals surface area (Å²) < 4.78 is 5.48. The van der Waals surface area contributed by atoms with Gasteiger partial charge in [-0.1, -0.05) is 0 Å². The molecule has 6 heteroatoms. The largest absolute Gasteiger partial charge is 0.389 e. The Hall–Kier alpha value is -0.980. The van der Waals surface area contributed by atoms with Crippen LogP contribution in [-0.2, 0) is 4.74 Å². The van der Waals surface area contributed by atoms with E-state index in [1.54, 1.807) is 19.2 Å². The maximum Gasteiger partial charge on any atom is 0.255 e. The minimum atomic E-state index is -0.683. The van der Waals surface area contributed by atoms with Gasteiger partial charge in [-0.3, -0.25) is 4.79 Å². The summed E-state index contributed by atoms with van der Waals surface area (Å²) in [5.74, 6) is -0.180. The Labute approximate surface area is 109 Å². The monoisotopic (exact) mass is 302 g/mol. The van der Waals surface area contributed by atoms with Crippen LogP contribution in [0.3, 0.4) is 0 Å². The average Bonchev–Trinajstić information content (AvgIpc) is 2.29. The molecular formula is C11H15BrN2O3. The molecule has 0 aliphatic carbocycles. The Morgan fingerprint density at radius 1 is 1.65 bits per heavy atom. The van der Waals surface area contributed by atoms with E-state index in [-0.39, 0.29) is 19.1 Å². The van der Waals surface area contributed by atoms with Crippen molar-refractivity contribution in [1.82, 2.24) is 9.88 Å². The molecule has 1 unspecified atom stereocenters. The third kappa shape index (κ3) is 4.41. The molecular weight excluding hydrogens is 288 g/mol. The van der Waals surface area contributed by atoms with E-state index in [0.717, 1.165) is 0 Å². The lowest BCUT2D eigenvalue weighted by Gasteiger charge is -2.20. The fraction of sp³-hybridized carbons (Fsp3) is 0.455. The van der Waals surface area contributed by atoms with Crippen LogP contribution < -0.4 is 0 Å². The standard InChI is InChI=1S/C11H15BrN2O3/c1-14(6-9(15)7-17-2)11(16)8-3-4-10(12)13-5-8/h3-5,9,15H,6-7H2,1-2H3. The minimum Gasteiger partial charge on any atom is -0.389 e. The highest BCUT2D eigenvalue weighted by atomic mass is 79.9. The highest BCUT2D eigenvalue weighted by molar-refractivity contribution is 9.10. The fourth-order valence-electron chi connectivity index (χ4n) is 1.37. The molecule has 94 valence electrons. The number of nitrogens with zero attached hydrogens (tertiary/aromatic N) is 2. The lowest BCUT2D eigenvalue weighted by atomic mass is 10.2. The van der Waals surface area contributed by atoms with E-state index in [1.807, 2.05) is 0 Å². The van der Waals surface area contributed by atoms with Crippen LogP contribution in [0.25, 0.3) is 0 Å². The molecule has 5 nitrogen and oxygen atoms in total. The summed E-state index contributed by atoms with van der Waals surface area (Å²) in [6.45, 7) is 0.430. The van der Waals surface area contributed by atoms with Gasteiger partial charge in [-0.05, 0) is 28.1 Å². The van der Waals surface area contributed by atoms with Gasteiger partial charge in [0.05, 0.1) is 18.3 Å². The number of aromatic nitrogens is 1. The second-order valence-electron chi connectivity index (χ2n) is 3.66. The van der Waals surface area contributed by atoms with Gasteiger partial charge in [0, 0.05) is 26.9 Å². The minimum absolute atomic E-state index is 0.180. The number of halogens is 1. The first kappa shape index (κ1) is 14.1. The molecule has 0 aliphatic rings. The molecule has 0 spiro atoms. The summed E-state index contributed by atoms with van der Waals surface area (Å²) in [7, 11) is 3.13. The van der Waals surface area contributed by atoms with Crippen LogP contribution in [-0.4, -0.2) is 54.3 Å². The molecule has 0 bridgehead atoms. The quantitative estimate of drug-likeness (QED) is 0.822. The van der Waals surface area contributed by atoms with Gasteiger partial charge >= 0.3 is 0 Å². The predicted octanol–water partition coefficient (Wildman–Crippen LogP) is 0.923. The number of aliphatic hydroxyl groups is 1. The number of pyridine rings is 1. The van der Waals surface area contributed by atoms with Gasteiger partial charge in [0.1, 0.15) is 4.60 Å². The van der Waals surface area contributed by atoms with Crippen LogP contribution in [0.5, 0.6) is 0 Å². The fourth-order valence-corrected chi connectivity index (χ4v) is 1.60. The summed E-state index contributed by atoms with van der Waals surface area (Å²) in [6, 6.07) is 3.38. The molecule has 1 aromatic heterocycles. The summed E-state index contributed by atoms with van der Waals surface area (Å²) in [6.07, 6.45) is 0.809. The van der Waals surface area contributed by atoms with Crippen LogP contribution in [0, 0.1) is 0 Å². The van der Waals surface area contributed by atoms with Crippen molar-refractivity contribution in [2.45, 2.75) is 6.10 Å². The molecule has 1 heterocycles. The van der Waals surface area contributed by atoms with Crippen molar-refractivity contribution < 1.29 is 14.6 Å². The molecule has 1 amide bonds. The van der Waals surface area contributed by atoms with Gasteiger partial charge < -0.3 is 14.7 Å². The number of carbonyl (C=O) groups excluding carboxylic acids is 1. The van der Waals surface area contributed by atoms with Gasteiger partial charge in [0.2, 0.25) is 0 Å². The first-order chi connectivity index (χ1) is 8.04. The normalized spacial score (nSPS) is 12.2. The predicted molar refractivity (Wildman–Crippen MR) is 66.8 cm³/mol. The molecule has 0 aromatic carbocycles. The molecule has 0 aliphatic heterocycles. The maximum atomic E-state index is 11.9. The Balaban J connectivity index is 2.60. The van der Waals surface area contributed by atoms with Crippen LogP contribution in [0.4, 0.5) is 0 Å². The molecule has 1 rings (SSSR count). The number of hydrogen-bond acceptors (Lipinski definition) is 4. The number of amides is 1. The average molecular weight is 303 g/mol. The van der Waals surface area contributed by atoms with Crippen molar-refractivity contribution in [3.8, 4) is 0 Å². The van der Waals surface area contributed by atoms with Crippen LogP contribution in [0.1, 0.15) is 10.4 Å². The van der Waals surface area contributed by atoms with Gasteiger partial charge in [0.25, 0.3) is 5.91 Å². The SMILES string of the molecule is COCC(O)CN(C)C(=O)c1ccc(Br)nc1. The zero-order valence-electron chi connectivity index (χ0n) is 9.76. The van der Waals surface area contributed by atoms with E-state index < -0.39 is 6.10 Å². The van der Waals surface area contributed by atoms with Gasteiger partial charge in [0.15, 0.2) is 0 Å². The van der Waals surface area contributed by atoms with Crippen LogP contribution in [0.15, 0.2) is 22.9 Å². The van der Waals surface area contributed by atoms with Gasteiger partial charge in [-0.15, -0.1) is 0 Å². The summed E-state index contributed by atoms with van der Waals surface area (Å²) in [5, 5.41) is 9.52. The van der Waals surface area contributed by atoms with Crippen molar-refractivity contribution in [1.29, 1.82) is 0 Å². The third-order valence-electron chi connectivity index (χ3n) is 2.16. The number of hydrogen-bond donors (Lipinski definition) is 1. The van der Waals surface area contributed by atoms with E-state index in [1.165, 1.54) is 18.2 Å². The van der Waals surface area contributed by atoms with E-state index in [2.05, 4.69) is 20.9 Å². The molecule has 1 aromatic rings. The lowest BCUT2D eigenvalue weighted by Crippen LogP contribution is -2.36. The Bertz CT molecular complexity index is 369. The summed E-state index contributed by atoms with van der Waals surface area (Å²) in [4.78, 5) is 17.3. The zero-order chi connectivity index (χ0) is 12.8. The number of carbonyl (C=O) groups is 1. The number of aliphatic hydroxyl groups excluding tert-OH is 1. The maximum absolute atomic E-state index is 11.9. The van der Waals surface area contributed by atoms with E-state index >= 15 is 0 Å². The van der Waals surface area contributed by atoms with Crippen LogP contribution >= 0.6 is 15.9 Å². The van der Waals surface area contributed by atoms with Crippen molar-refractivity contribution in [2.75, 3.05) is 27.3 Å². The first-order valence-electron chi connectivity index (χ1n) is 5.08. The summed E-state index contributed by atoms with van der Waals surface area (Å²) in [5.41, 5.74) is 0.486. The molecule has 1 atom stereocenters. The second-order valence-corrected chi connectivity index (χ2v) is 4.48. The summed E-state index contributed by atoms with van der Waals surface area (Å²) >= 11 is 3.20. The van der Waals surface area contributed by atoms with E-state index in [0.29, 0.717) is 10.2 Å². The topological polar surface area (TPSA) is 62.7 Å². The Morgan fingerprint density at radius 2 is 2.35 bits per heavy atom. The Morgan fingerprint density at radius 3 is 2.88 bits per heavy atom. The van der Waals surface area contributed by atoms with Crippen molar-refractivity contribution in [2.24, 2.45) is 0 Å². The molecule has 0 fully saturated rings. The number of methoxy groups -OCH3 is 1. The van der Waals surface area contributed by atoms with E-state index in [9.17, 15) is 9.90 Å². The molecule has 0 saturated carbocycles. The lowest BCUT2D eigenvalue weighted by molar-refractivity contribution is 0.0380. The van der Waals surface area contributed by atoms with E-state index in [4.69, 9.17) is 4.74 Å². The molecule has 1 N–H and O–H groups in total. The number of rotatable bonds is 5. The smallest absolute Gasteiger partial charge is 0.255 e. The molecule has 0 saturated heterocycles. The first-order valence-corrected chi connectivity index (χ1v) is 5.88. The van der Waals surface area contributed by atoms with Crippen molar-refractivity contribution in [3.63, 3.8) is 0 Å². The van der Waals surface area contributed by atoms with Crippen molar-refractivity contribution in [3.05, 3.63) is 28.5 Å². The third-order valence-corrected chi connectivity index (χ3v) is 2.63. The number of likely N-dealkylation sites (N-methyl/N-ethyl adjacent to an activating group) is 1. The van der Waals surface area contributed by atoms with Crippen LogP contribution in [0.2, 0.25) is 0 Å². The molecule has 0 radical (unpaired) electrons. The Kier molecular flexibility index (Phi) is 5.54. The zero-order valence-corrected chi connectivity index (χ0v) is 11.3. The van der Waals surface area contributed by atoms with Crippen molar-refractivity contribution >= 4 is 21.8 Å². The second kappa shape index (κ2) is 6.68. The highest BCUT2D eigenvalue weighted by Gasteiger charge is 2.15. The number of ether oxygens (including phenoxy) is 1. The van der Waals surface area contributed by atoms with Gasteiger partial charge in [-0.2, -0.15) is 0 Å². The van der Waals surface area contributed by atoms with Gasteiger partial charge in [-0.25, -0.2) is 4.98 Å².